The van der Waals surface area contributed by atoms with E-state index in [0.29, 0.717) is 24.5 Å². The highest BCUT2D eigenvalue weighted by Crippen LogP contribution is 2.30. The van der Waals surface area contributed by atoms with Crippen molar-refractivity contribution in [1.29, 1.82) is 5.26 Å². The molecule has 1 aromatic heterocycles. The Balaban J connectivity index is 1.49. The lowest BCUT2D eigenvalue weighted by Crippen LogP contribution is -2.44. The normalized spacial score (nSPS) is 15.5. The first kappa shape index (κ1) is 28.9. The largest absolute Gasteiger partial charge is 0.457 e. The SMILES string of the molecule is CC(C)(CCOC(C)(C)C)NS(=O)(=O)/C(C#N)=C/c1ccc(-c2ccc3cc(N4CCCCC4)ccc3c2)o1. The number of furan rings is 1. The van der Waals surface area contributed by atoms with E-state index in [1.54, 1.807) is 26.0 Å². The van der Waals surface area contributed by atoms with Gasteiger partial charge in [0.1, 0.15) is 17.6 Å². The minimum atomic E-state index is -4.06. The van der Waals surface area contributed by atoms with E-state index in [-0.39, 0.29) is 5.60 Å². The van der Waals surface area contributed by atoms with Crippen LogP contribution >= 0.6 is 0 Å². The van der Waals surface area contributed by atoms with Crippen LogP contribution in [0.25, 0.3) is 28.2 Å². The van der Waals surface area contributed by atoms with Gasteiger partial charge in [-0.15, -0.1) is 0 Å². The summed E-state index contributed by atoms with van der Waals surface area (Å²) < 4.78 is 40.4. The van der Waals surface area contributed by atoms with Crippen molar-refractivity contribution in [3.8, 4) is 17.4 Å². The minimum Gasteiger partial charge on any atom is -0.457 e. The van der Waals surface area contributed by atoms with Crippen molar-refractivity contribution in [3.63, 3.8) is 0 Å². The molecule has 0 unspecified atom stereocenters. The summed E-state index contributed by atoms with van der Waals surface area (Å²) in [6.07, 6.45) is 5.49. The second-order valence-corrected chi connectivity index (χ2v) is 13.5. The maximum atomic E-state index is 13.0. The molecule has 1 fully saturated rings. The third-order valence-electron chi connectivity index (χ3n) is 6.80. The van der Waals surface area contributed by atoms with Gasteiger partial charge in [-0.1, -0.05) is 18.2 Å². The molecule has 4 rings (SSSR count). The summed E-state index contributed by atoms with van der Waals surface area (Å²) in [7, 11) is -4.06. The molecule has 2 heterocycles. The van der Waals surface area contributed by atoms with E-state index in [9.17, 15) is 13.7 Å². The van der Waals surface area contributed by atoms with Gasteiger partial charge in [0.15, 0.2) is 4.91 Å². The van der Waals surface area contributed by atoms with Gasteiger partial charge in [0.05, 0.1) is 5.60 Å². The summed E-state index contributed by atoms with van der Waals surface area (Å²) in [6, 6.07) is 18.0. The summed E-state index contributed by atoms with van der Waals surface area (Å²) >= 11 is 0. The fraction of sp³-hybridized carbons (Fsp3) is 0.452. The van der Waals surface area contributed by atoms with Crippen molar-refractivity contribution < 1.29 is 17.6 Å². The van der Waals surface area contributed by atoms with Crippen molar-refractivity contribution in [2.45, 2.75) is 71.4 Å². The molecule has 0 radical (unpaired) electrons. The van der Waals surface area contributed by atoms with Crippen molar-refractivity contribution >= 4 is 32.6 Å². The number of rotatable bonds is 9. The zero-order valence-electron chi connectivity index (χ0n) is 23.6. The molecule has 0 atom stereocenters. The highest BCUT2D eigenvalue weighted by molar-refractivity contribution is 7.93. The highest BCUT2D eigenvalue weighted by atomic mass is 32.2. The van der Waals surface area contributed by atoms with E-state index in [2.05, 4.69) is 40.0 Å². The number of sulfonamides is 1. The van der Waals surface area contributed by atoms with Crippen LogP contribution in [-0.4, -0.2) is 39.3 Å². The van der Waals surface area contributed by atoms with Gasteiger partial charge in [0.25, 0.3) is 10.0 Å². The molecule has 0 amide bonds. The molecule has 39 heavy (non-hydrogen) atoms. The molecule has 3 aromatic rings. The van der Waals surface area contributed by atoms with E-state index < -0.39 is 20.5 Å². The molecule has 2 aromatic carbocycles. The van der Waals surface area contributed by atoms with Crippen molar-refractivity contribution in [2.75, 3.05) is 24.6 Å². The Hall–Kier alpha value is -3.12. The summed E-state index contributed by atoms with van der Waals surface area (Å²) in [5.74, 6) is 0.895. The fourth-order valence-electron chi connectivity index (χ4n) is 4.70. The van der Waals surface area contributed by atoms with E-state index in [0.717, 1.165) is 29.4 Å². The highest BCUT2D eigenvalue weighted by Gasteiger charge is 2.29. The quantitative estimate of drug-likeness (QED) is 0.293. The lowest BCUT2D eigenvalue weighted by atomic mass is 10.0. The summed E-state index contributed by atoms with van der Waals surface area (Å²) in [5, 5.41) is 11.9. The second-order valence-electron chi connectivity index (χ2n) is 11.8. The molecular weight excluding hydrogens is 510 g/mol. The van der Waals surface area contributed by atoms with Crippen LogP contribution in [0.2, 0.25) is 0 Å². The van der Waals surface area contributed by atoms with E-state index in [4.69, 9.17) is 9.15 Å². The first-order valence-corrected chi connectivity index (χ1v) is 15.0. The maximum absolute atomic E-state index is 13.0. The Morgan fingerprint density at radius 1 is 1.03 bits per heavy atom. The smallest absolute Gasteiger partial charge is 0.251 e. The van der Waals surface area contributed by atoms with E-state index >= 15 is 0 Å². The lowest BCUT2D eigenvalue weighted by molar-refractivity contribution is -0.0102. The van der Waals surface area contributed by atoms with Crippen LogP contribution in [0.5, 0.6) is 0 Å². The molecule has 0 aliphatic carbocycles. The molecule has 0 spiro atoms. The summed E-state index contributed by atoms with van der Waals surface area (Å²) in [4.78, 5) is 2.04. The van der Waals surface area contributed by atoms with Crippen LogP contribution in [0.4, 0.5) is 5.69 Å². The molecule has 7 nitrogen and oxygen atoms in total. The van der Waals surface area contributed by atoms with Crippen molar-refractivity contribution in [3.05, 3.63) is 59.2 Å². The Kier molecular flexibility index (Phi) is 8.55. The molecule has 1 saturated heterocycles. The van der Waals surface area contributed by atoms with Crippen molar-refractivity contribution in [2.24, 2.45) is 0 Å². The predicted molar refractivity (Wildman–Crippen MR) is 158 cm³/mol. The molecule has 8 heteroatoms. The number of ether oxygens (including phenoxy) is 1. The van der Waals surface area contributed by atoms with Crippen LogP contribution < -0.4 is 9.62 Å². The molecule has 1 N–H and O–H groups in total. The number of fused-ring (bicyclic) bond motifs is 1. The molecule has 1 aliphatic heterocycles. The maximum Gasteiger partial charge on any atom is 0.251 e. The number of nitriles is 1. The zero-order chi connectivity index (χ0) is 28.3. The number of benzene rings is 2. The summed E-state index contributed by atoms with van der Waals surface area (Å²) in [5.41, 5.74) is 1.02. The van der Waals surface area contributed by atoms with Gasteiger partial charge in [0, 0.05) is 42.6 Å². The zero-order valence-corrected chi connectivity index (χ0v) is 24.4. The van der Waals surface area contributed by atoms with Gasteiger partial charge >= 0.3 is 0 Å². The number of hydrogen-bond donors (Lipinski definition) is 1. The van der Waals surface area contributed by atoms with Crippen LogP contribution in [0, 0.1) is 11.3 Å². The number of nitrogens with one attached hydrogen (secondary N) is 1. The predicted octanol–water partition coefficient (Wildman–Crippen LogP) is 6.86. The number of piperidine rings is 1. The minimum absolute atomic E-state index is 0.293. The van der Waals surface area contributed by atoms with Crippen LogP contribution in [-0.2, 0) is 14.8 Å². The standard InChI is InChI=1S/C31H39N3O4S/c1-30(2,3)37-18-15-31(4,5)33-39(35,36)28(22-32)21-27-13-14-29(38-27)25-10-9-24-20-26(12-11-23(24)19-25)34-16-7-6-8-17-34/h9-14,19-21,33H,6-8,15-18H2,1-5H3/b28-21+. The average molecular weight is 550 g/mol. The Morgan fingerprint density at radius 2 is 1.72 bits per heavy atom. The lowest BCUT2D eigenvalue weighted by Gasteiger charge is -2.29. The summed E-state index contributed by atoms with van der Waals surface area (Å²) in [6.45, 7) is 12.0. The van der Waals surface area contributed by atoms with Gasteiger partial charge < -0.3 is 14.1 Å². The Morgan fingerprint density at radius 3 is 2.41 bits per heavy atom. The topological polar surface area (TPSA) is 95.6 Å². The van der Waals surface area contributed by atoms with E-state index in [1.165, 1.54) is 31.0 Å². The first-order valence-electron chi connectivity index (χ1n) is 13.5. The second kappa shape index (κ2) is 11.5. The Labute approximate surface area is 232 Å². The van der Waals surface area contributed by atoms with E-state index in [1.807, 2.05) is 32.9 Å². The van der Waals surface area contributed by atoms with Gasteiger partial charge in [-0.3, -0.25) is 0 Å². The van der Waals surface area contributed by atoms with Gasteiger partial charge in [0.2, 0.25) is 0 Å². The Bertz CT molecular complexity index is 1480. The number of nitrogens with zero attached hydrogens (tertiary/aromatic N) is 2. The molecule has 1 aliphatic rings. The van der Waals surface area contributed by atoms with Crippen LogP contribution in [0.1, 0.15) is 66.1 Å². The van der Waals surface area contributed by atoms with Crippen molar-refractivity contribution in [1.82, 2.24) is 4.72 Å². The fourth-order valence-corrected chi connectivity index (χ4v) is 6.03. The molecule has 0 saturated carbocycles. The molecular formula is C31H39N3O4S. The third-order valence-corrected chi connectivity index (χ3v) is 8.41. The molecule has 0 bridgehead atoms. The monoisotopic (exact) mass is 549 g/mol. The first-order chi connectivity index (χ1) is 18.4. The number of hydrogen-bond acceptors (Lipinski definition) is 6. The molecule has 208 valence electrons. The van der Waals surface area contributed by atoms with Gasteiger partial charge in [-0.05, 0) is 101 Å². The number of anilines is 1. The van der Waals surface area contributed by atoms with Crippen LogP contribution in [0.15, 0.2) is 57.9 Å². The average Bonchev–Trinajstić information content (AvgIpc) is 3.34. The van der Waals surface area contributed by atoms with Gasteiger partial charge in [-0.25, -0.2) is 13.1 Å². The third kappa shape index (κ3) is 7.72. The van der Waals surface area contributed by atoms with Crippen LogP contribution in [0.3, 0.4) is 0 Å². The number of allylic oxidation sites excluding steroid dienone is 1. The van der Waals surface area contributed by atoms with Gasteiger partial charge in [-0.2, -0.15) is 5.26 Å².